The summed E-state index contributed by atoms with van der Waals surface area (Å²) in [7, 11) is 0. The van der Waals surface area contributed by atoms with Crippen molar-refractivity contribution in [1.82, 2.24) is 5.32 Å². The van der Waals surface area contributed by atoms with E-state index in [1.165, 1.54) is 5.56 Å². The summed E-state index contributed by atoms with van der Waals surface area (Å²) in [5.41, 5.74) is 1.17. The van der Waals surface area contributed by atoms with Gasteiger partial charge in [-0.3, -0.25) is 4.79 Å². The van der Waals surface area contributed by atoms with Crippen LogP contribution in [0.15, 0.2) is 30.3 Å². The molecule has 1 N–H and O–H groups in total. The molecule has 1 aromatic rings. The molecule has 1 amide bonds. The first-order chi connectivity index (χ1) is 6.27. The highest BCUT2D eigenvalue weighted by molar-refractivity contribution is 8.01. The molecule has 1 fully saturated rings. The largest absolute Gasteiger partial charge is 0.339 e. The first kappa shape index (κ1) is 8.63. The van der Waals surface area contributed by atoms with Gasteiger partial charge in [0.25, 0.3) is 0 Å². The van der Waals surface area contributed by atoms with Crippen LogP contribution < -0.4 is 5.32 Å². The molecule has 68 valence electrons. The first-order valence-corrected chi connectivity index (χ1v) is 5.22. The SMILES string of the molecule is C[C@H]1S[C@@H](c2ccccc2)NC1=O. The van der Waals surface area contributed by atoms with Gasteiger partial charge in [0.05, 0.1) is 5.25 Å². The Morgan fingerprint density at radius 2 is 2.00 bits per heavy atom. The van der Waals surface area contributed by atoms with Crippen molar-refractivity contribution in [1.29, 1.82) is 0 Å². The summed E-state index contributed by atoms with van der Waals surface area (Å²) < 4.78 is 0. The van der Waals surface area contributed by atoms with E-state index in [0.717, 1.165) is 0 Å². The molecule has 3 heteroatoms. The van der Waals surface area contributed by atoms with Crippen molar-refractivity contribution in [2.45, 2.75) is 17.5 Å². The normalized spacial score (nSPS) is 27.3. The number of rotatable bonds is 1. The summed E-state index contributed by atoms with van der Waals surface area (Å²) in [5.74, 6) is 0.138. The van der Waals surface area contributed by atoms with Gasteiger partial charge in [-0.05, 0) is 12.5 Å². The Balaban J connectivity index is 2.17. The molecule has 0 aliphatic carbocycles. The fourth-order valence-electron chi connectivity index (χ4n) is 1.34. The van der Waals surface area contributed by atoms with Crippen LogP contribution in [-0.2, 0) is 4.79 Å². The van der Waals surface area contributed by atoms with Crippen LogP contribution in [0, 0.1) is 0 Å². The molecular weight excluding hydrogens is 182 g/mol. The Morgan fingerprint density at radius 1 is 1.31 bits per heavy atom. The fourth-order valence-corrected chi connectivity index (χ4v) is 2.43. The molecule has 0 unspecified atom stereocenters. The van der Waals surface area contributed by atoms with Gasteiger partial charge in [-0.2, -0.15) is 0 Å². The van der Waals surface area contributed by atoms with E-state index >= 15 is 0 Å². The molecular formula is C10H11NOS. The van der Waals surface area contributed by atoms with Crippen LogP contribution in [-0.4, -0.2) is 11.2 Å². The van der Waals surface area contributed by atoms with E-state index in [1.807, 2.05) is 37.3 Å². The van der Waals surface area contributed by atoms with E-state index in [1.54, 1.807) is 11.8 Å². The third-order valence-electron chi connectivity index (χ3n) is 2.09. The maximum atomic E-state index is 11.2. The monoisotopic (exact) mass is 193 g/mol. The van der Waals surface area contributed by atoms with Gasteiger partial charge in [-0.25, -0.2) is 0 Å². The molecule has 13 heavy (non-hydrogen) atoms. The minimum absolute atomic E-state index is 0.0743. The molecule has 0 radical (unpaired) electrons. The van der Waals surface area contributed by atoms with Gasteiger partial charge in [0, 0.05) is 0 Å². The Hall–Kier alpha value is -0.960. The second kappa shape index (κ2) is 3.42. The lowest BCUT2D eigenvalue weighted by molar-refractivity contribution is -0.119. The third kappa shape index (κ3) is 1.70. The van der Waals surface area contributed by atoms with Crippen molar-refractivity contribution in [3.63, 3.8) is 0 Å². The van der Waals surface area contributed by atoms with Crippen molar-refractivity contribution in [3.8, 4) is 0 Å². The van der Waals surface area contributed by atoms with Gasteiger partial charge < -0.3 is 5.32 Å². The molecule has 1 saturated heterocycles. The number of benzene rings is 1. The van der Waals surface area contributed by atoms with Crippen LogP contribution in [0.25, 0.3) is 0 Å². The first-order valence-electron chi connectivity index (χ1n) is 4.28. The summed E-state index contributed by atoms with van der Waals surface area (Å²) in [6.45, 7) is 1.93. The average molecular weight is 193 g/mol. The van der Waals surface area contributed by atoms with Gasteiger partial charge >= 0.3 is 0 Å². The fraction of sp³-hybridized carbons (Fsp3) is 0.300. The molecule has 2 rings (SSSR count). The van der Waals surface area contributed by atoms with Crippen LogP contribution >= 0.6 is 11.8 Å². The molecule has 1 aromatic carbocycles. The molecule has 2 nitrogen and oxygen atoms in total. The maximum absolute atomic E-state index is 11.2. The van der Waals surface area contributed by atoms with E-state index in [9.17, 15) is 4.79 Å². The van der Waals surface area contributed by atoms with Crippen LogP contribution in [0.5, 0.6) is 0 Å². The van der Waals surface area contributed by atoms with Gasteiger partial charge in [0.2, 0.25) is 5.91 Å². The molecule has 0 saturated carbocycles. The lowest BCUT2D eigenvalue weighted by Crippen LogP contribution is -2.22. The molecule has 0 bridgehead atoms. The quantitative estimate of drug-likeness (QED) is 0.738. The van der Waals surface area contributed by atoms with Crippen molar-refractivity contribution < 1.29 is 4.79 Å². The molecule has 1 aliphatic rings. The van der Waals surface area contributed by atoms with Crippen LogP contribution in [0.1, 0.15) is 17.9 Å². The second-order valence-electron chi connectivity index (χ2n) is 3.08. The Morgan fingerprint density at radius 3 is 2.54 bits per heavy atom. The van der Waals surface area contributed by atoms with E-state index < -0.39 is 0 Å². The van der Waals surface area contributed by atoms with Gasteiger partial charge in [-0.1, -0.05) is 30.3 Å². The molecule has 1 heterocycles. The number of hydrogen-bond acceptors (Lipinski definition) is 2. The van der Waals surface area contributed by atoms with E-state index in [2.05, 4.69) is 5.32 Å². The highest BCUT2D eigenvalue weighted by Gasteiger charge is 2.29. The number of nitrogens with one attached hydrogen (secondary N) is 1. The zero-order valence-corrected chi connectivity index (χ0v) is 8.17. The number of carbonyl (C=O) groups is 1. The lowest BCUT2D eigenvalue weighted by Gasteiger charge is -2.08. The van der Waals surface area contributed by atoms with Crippen molar-refractivity contribution in [3.05, 3.63) is 35.9 Å². The Labute approximate surface area is 81.7 Å². The maximum Gasteiger partial charge on any atom is 0.234 e. The summed E-state index contributed by atoms with van der Waals surface area (Å²) in [5, 5.41) is 3.16. The highest BCUT2D eigenvalue weighted by atomic mass is 32.2. The number of amides is 1. The van der Waals surface area contributed by atoms with Crippen molar-refractivity contribution in [2.75, 3.05) is 0 Å². The highest BCUT2D eigenvalue weighted by Crippen LogP contribution is 2.34. The van der Waals surface area contributed by atoms with Gasteiger partial charge in [-0.15, -0.1) is 11.8 Å². The predicted octanol–water partition coefficient (Wildman–Crippen LogP) is 1.94. The van der Waals surface area contributed by atoms with E-state index in [-0.39, 0.29) is 16.5 Å². The zero-order valence-electron chi connectivity index (χ0n) is 7.36. The number of thioether (sulfide) groups is 1. The van der Waals surface area contributed by atoms with Crippen LogP contribution in [0.3, 0.4) is 0 Å². The molecule has 2 atom stereocenters. The minimum atomic E-state index is 0.0743. The topological polar surface area (TPSA) is 29.1 Å². The number of carbonyl (C=O) groups excluding carboxylic acids is 1. The zero-order chi connectivity index (χ0) is 9.26. The summed E-state index contributed by atoms with van der Waals surface area (Å²) in [4.78, 5) is 11.2. The molecule has 1 aliphatic heterocycles. The van der Waals surface area contributed by atoms with Crippen LogP contribution in [0.4, 0.5) is 0 Å². The second-order valence-corrected chi connectivity index (χ2v) is 4.53. The average Bonchev–Trinajstić information content (AvgIpc) is 2.49. The summed E-state index contributed by atoms with van der Waals surface area (Å²) in [6.07, 6.45) is 0. The van der Waals surface area contributed by atoms with Crippen LogP contribution in [0.2, 0.25) is 0 Å². The molecule has 0 aromatic heterocycles. The number of hydrogen-bond donors (Lipinski definition) is 1. The van der Waals surface area contributed by atoms with Crippen molar-refractivity contribution >= 4 is 17.7 Å². The van der Waals surface area contributed by atoms with Gasteiger partial charge in [0.15, 0.2) is 0 Å². The Kier molecular flexibility index (Phi) is 2.27. The third-order valence-corrected chi connectivity index (χ3v) is 3.37. The smallest absolute Gasteiger partial charge is 0.234 e. The van der Waals surface area contributed by atoms with Gasteiger partial charge in [0.1, 0.15) is 5.37 Å². The lowest BCUT2D eigenvalue weighted by atomic mass is 10.2. The summed E-state index contributed by atoms with van der Waals surface area (Å²) >= 11 is 1.67. The standard InChI is InChI=1S/C10H11NOS/c1-7-9(12)11-10(13-7)8-5-3-2-4-6-8/h2-7,10H,1H3,(H,11,12)/t7-,10+/m1/s1. The predicted molar refractivity (Wildman–Crippen MR) is 54.4 cm³/mol. The van der Waals surface area contributed by atoms with E-state index in [0.29, 0.717) is 0 Å². The van der Waals surface area contributed by atoms with Crippen molar-refractivity contribution in [2.24, 2.45) is 0 Å². The van der Waals surface area contributed by atoms with E-state index in [4.69, 9.17) is 0 Å². The Bertz CT molecular complexity index is 312. The minimum Gasteiger partial charge on any atom is -0.339 e. The molecule has 0 spiro atoms. The summed E-state index contributed by atoms with van der Waals surface area (Å²) in [6, 6.07) is 10.0.